The molecule has 0 aliphatic carbocycles. The Morgan fingerprint density at radius 2 is 2.00 bits per heavy atom. The minimum atomic E-state index is -0.0602. The number of hydrogen-bond donors (Lipinski definition) is 1. The molecule has 0 radical (unpaired) electrons. The van der Waals surface area contributed by atoms with Crippen LogP contribution in [0.4, 0.5) is 14.9 Å². The molecule has 0 aliphatic heterocycles. The molecule has 1 aromatic carbocycles. The molecule has 0 unspecified atom stereocenters. The van der Waals surface area contributed by atoms with E-state index in [0.717, 1.165) is 26.6 Å². The number of methoxy groups -OCH3 is 1. The number of nitrogens with two attached hydrogens (primary N) is 1. The molecule has 3 aromatic rings. The van der Waals surface area contributed by atoms with Crippen molar-refractivity contribution in [1.29, 1.82) is 0 Å². The van der Waals surface area contributed by atoms with Crippen LogP contribution in [0.2, 0.25) is 0 Å². The number of azo groups is 1. The summed E-state index contributed by atoms with van der Waals surface area (Å²) in [5.41, 5.74) is 7.47. The van der Waals surface area contributed by atoms with Crippen molar-refractivity contribution in [1.82, 2.24) is 4.98 Å². The first kappa shape index (κ1) is 14.0. The average Bonchev–Trinajstić information content (AvgIpc) is 3.14. The molecular weight excluding hydrogens is 351 g/mol. The Bertz CT molecular complexity index is 750. The number of nitrogens with zero attached hydrogens (tertiary/aromatic N) is 3. The standard InChI is InChI=1S/C14H12N4OSSe/c1-19-10-6-4-9(5-7-10)17-18-13-12(16-14(15)21-13)11-3-2-8-20-11/h2-8H,1H3,(H2,15,16). The van der Waals surface area contributed by atoms with Gasteiger partial charge in [0.2, 0.25) is 0 Å². The van der Waals surface area contributed by atoms with Crippen LogP contribution < -0.4 is 10.5 Å². The number of aromatic nitrogens is 1. The summed E-state index contributed by atoms with van der Waals surface area (Å²) in [6, 6.07) is 11.4. The summed E-state index contributed by atoms with van der Waals surface area (Å²) < 4.78 is 6.61. The van der Waals surface area contributed by atoms with Crippen LogP contribution in [0, 0.1) is 0 Å². The van der Waals surface area contributed by atoms with Crippen molar-refractivity contribution < 1.29 is 4.74 Å². The summed E-state index contributed by atoms with van der Waals surface area (Å²) in [6.07, 6.45) is 0. The van der Waals surface area contributed by atoms with Gasteiger partial charge in [0.15, 0.2) is 0 Å². The van der Waals surface area contributed by atoms with E-state index in [1.165, 1.54) is 0 Å². The van der Waals surface area contributed by atoms with Crippen molar-refractivity contribution >= 4 is 40.8 Å². The molecule has 3 rings (SSSR count). The Hall–Kier alpha value is -1.95. The molecule has 0 atom stereocenters. The van der Waals surface area contributed by atoms with E-state index in [1.807, 2.05) is 41.8 Å². The first-order valence-electron chi connectivity index (χ1n) is 6.12. The van der Waals surface area contributed by atoms with Gasteiger partial charge in [0.05, 0.1) is 0 Å². The van der Waals surface area contributed by atoms with Crippen LogP contribution in [0.15, 0.2) is 52.0 Å². The molecule has 5 nitrogen and oxygen atoms in total. The molecule has 2 heterocycles. The Morgan fingerprint density at radius 1 is 1.19 bits per heavy atom. The normalized spacial score (nSPS) is 11.1. The molecule has 0 bridgehead atoms. The first-order valence-corrected chi connectivity index (χ1v) is 8.71. The first-order chi connectivity index (χ1) is 10.3. The molecule has 106 valence electrons. The maximum atomic E-state index is 5.85. The van der Waals surface area contributed by atoms with Crippen molar-refractivity contribution in [3.8, 4) is 16.3 Å². The van der Waals surface area contributed by atoms with Gasteiger partial charge in [-0.25, -0.2) is 0 Å². The third-order valence-electron chi connectivity index (χ3n) is 2.71. The molecule has 21 heavy (non-hydrogen) atoms. The van der Waals surface area contributed by atoms with Crippen LogP contribution in [-0.4, -0.2) is 26.6 Å². The molecule has 2 N–H and O–H groups in total. The van der Waals surface area contributed by atoms with E-state index in [2.05, 4.69) is 15.2 Å². The van der Waals surface area contributed by atoms with E-state index >= 15 is 0 Å². The van der Waals surface area contributed by atoms with Gasteiger partial charge in [0.25, 0.3) is 0 Å². The number of ether oxygens (including phenoxy) is 1. The van der Waals surface area contributed by atoms with Crippen molar-refractivity contribution in [3.05, 3.63) is 41.8 Å². The monoisotopic (exact) mass is 364 g/mol. The number of anilines is 1. The molecule has 0 amide bonds. The van der Waals surface area contributed by atoms with Crippen LogP contribution in [0.25, 0.3) is 10.6 Å². The van der Waals surface area contributed by atoms with Crippen LogP contribution >= 0.6 is 11.3 Å². The minimum absolute atomic E-state index is 0.0602. The summed E-state index contributed by atoms with van der Waals surface area (Å²) in [6.45, 7) is 0. The van der Waals surface area contributed by atoms with E-state index in [-0.39, 0.29) is 14.5 Å². The van der Waals surface area contributed by atoms with Gasteiger partial charge in [-0.3, -0.25) is 0 Å². The Kier molecular flexibility index (Phi) is 4.15. The quantitative estimate of drug-likeness (QED) is 0.565. The summed E-state index contributed by atoms with van der Waals surface area (Å²) in [5.74, 6) is 0.796. The van der Waals surface area contributed by atoms with Gasteiger partial charge in [0, 0.05) is 0 Å². The van der Waals surface area contributed by atoms with Crippen LogP contribution in [0.5, 0.6) is 5.75 Å². The summed E-state index contributed by atoms with van der Waals surface area (Å²) in [4.78, 5) is 5.46. The average molecular weight is 363 g/mol. The molecule has 0 spiro atoms. The van der Waals surface area contributed by atoms with Crippen LogP contribution in [0.1, 0.15) is 0 Å². The molecule has 7 heteroatoms. The fourth-order valence-electron chi connectivity index (χ4n) is 1.72. The zero-order valence-electron chi connectivity index (χ0n) is 11.2. The van der Waals surface area contributed by atoms with E-state index < -0.39 is 0 Å². The van der Waals surface area contributed by atoms with Gasteiger partial charge in [-0.15, -0.1) is 0 Å². The summed E-state index contributed by atoms with van der Waals surface area (Å²) >= 11 is 1.56. The van der Waals surface area contributed by atoms with Crippen LogP contribution in [0.3, 0.4) is 0 Å². The third kappa shape index (κ3) is 3.21. The van der Waals surface area contributed by atoms with E-state index in [4.69, 9.17) is 10.5 Å². The Balaban J connectivity index is 1.89. The Labute approximate surface area is 131 Å². The molecule has 0 saturated heterocycles. The van der Waals surface area contributed by atoms with Crippen molar-refractivity contribution in [2.45, 2.75) is 0 Å². The second kappa shape index (κ2) is 6.22. The predicted molar refractivity (Wildman–Crippen MR) is 86.1 cm³/mol. The van der Waals surface area contributed by atoms with E-state index in [1.54, 1.807) is 18.4 Å². The van der Waals surface area contributed by atoms with E-state index in [9.17, 15) is 0 Å². The fourth-order valence-corrected chi connectivity index (χ4v) is 3.99. The second-order valence-corrected chi connectivity index (χ2v) is 7.15. The molecule has 0 fully saturated rings. The molecule has 0 aliphatic rings. The predicted octanol–water partition coefficient (Wildman–Crippen LogP) is 3.87. The fraction of sp³-hybridized carbons (Fsp3) is 0.0714. The number of thiophene rings is 1. The second-order valence-electron chi connectivity index (χ2n) is 4.08. The van der Waals surface area contributed by atoms with Gasteiger partial charge in [-0.1, -0.05) is 0 Å². The van der Waals surface area contributed by atoms with Crippen molar-refractivity contribution in [2.75, 3.05) is 12.8 Å². The van der Waals surface area contributed by atoms with Gasteiger partial charge in [0.1, 0.15) is 0 Å². The number of hydrogen-bond acceptors (Lipinski definition) is 6. The van der Waals surface area contributed by atoms with Gasteiger partial charge >= 0.3 is 132 Å². The SMILES string of the molecule is COc1ccc(N=Nc2[se]c(N)nc2-c2cccs2)cc1. The van der Waals surface area contributed by atoms with E-state index in [0.29, 0.717) is 4.69 Å². The maximum absolute atomic E-state index is 5.85. The van der Waals surface area contributed by atoms with Crippen molar-refractivity contribution in [2.24, 2.45) is 10.2 Å². The number of benzene rings is 1. The zero-order chi connectivity index (χ0) is 14.7. The van der Waals surface area contributed by atoms with Gasteiger partial charge < -0.3 is 0 Å². The summed E-state index contributed by atoms with van der Waals surface area (Å²) in [7, 11) is 1.63. The summed E-state index contributed by atoms with van der Waals surface area (Å²) in [5, 5.41) is 10.6. The topological polar surface area (TPSA) is 72.9 Å². The van der Waals surface area contributed by atoms with Crippen molar-refractivity contribution in [3.63, 3.8) is 0 Å². The van der Waals surface area contributed by atoms with Crippen LogP contribution in [-0.2, 0) is 0 Å². The van der Waals surface area contributed by atoms with Gasteiger partial charge in [-0.05, 0) is 0 Å². The molecule has 0 saturated carbocycles. The molecule has 2 aromatic heterocycles. The number of rotatable bonds is 4. The Morgan fingerprint density at radius 3 is 2.67 bits per heavy atom. The number of nitrogen functional groups attached to an aromatic ring is 1. The molecular formula is C14H12N4OSSe. The third-order valence-corrected chi connectivity index (χ3v) is 5.20. The zero-order valence-corrected chi connectivity index (χ0v) is 13.7. The van der Waals surface area contributed by atoms with Gasteiger partial charge in [-0.2, -0.15) is 0 Å².